The highest BCUT2D eigenvalue weighted by Crippen LogP contribution is 2.27. The molecule has 0 amide bonds. The van der Waals surface area contributed by atoms with Crippen LogP contribution in [0.15, 0.2) is 48.7 Å². The zero-order valence-corrected chi connectivity index (χ0v) is 10.3. The fourth-order valence-electron chi connectivity index (χ4n) is 2.12. The Labute approximate surface area is 105 Å². The van der Waals surface area contributed by atoms with Crippen molar-refractivity contribution in [1.29, 1.82) is 0 Å². The van der Waals surface area contributed by atoms with Gasteiger partial charge in [-0.3, -0.25) is 0 Å². The van der Waals surface area contributed by atoms with Crippen LogP contribution in [0.4, 0.5) is 0 Å². The van der Waals surface area contributed by atoms with Crippen molar-refractivity contribution in [2.75, 3.05) is 0 Å². The molecule has 2 heteroatoms. The third-order valence-corrected chi connectivity index (χ3v) is 3.28. The van der Waals surface area contributed by atoms with E-state index in [9.17, 15) is 0 Å². The van der Waals surface area contributed by atoms with Gasteiger partial charge in [-0.2, -0.15) is 0 Å². The topological polar surface area (TPSA) is 15.8 Å². The summed E-state index contributed by atoms with van der Waals surface area (Å²) in [5.41, 5.74) is 4.77. The molecule has 0 spiro atoms. The van der Waals surface area contributed by atoms with Crippen molar-refractivity contribution in [1.82, 2.24) is 4.98 Å². The Morgan fingerprint density at radius 3 is 2.65 bits per heavy atom. The molecule has 17 heavy (non-hydrogen) atoms. The van der Waals surface area contributed by atoms with E-state index in [2.05, 4.69) is 36.2 Å². The monoisotopic (exact) mass is 241 g/mol. The second-order valence-electron chi connectivity index (χ2n) is 4.24. The highest BCUT2D eigenvalue weighted by molar-refractivity contribution is 6.30. The molecule has 0 saturated carbocycles. The Kier molecular flexibility index (Phi) is 2.41. The minimum Gasteiger partial charge on any atom is -0.361 e. The van der Waals surface area contributed by atoms with Gasteiger partial charge < -0.3 is 4.98 Å². The van der Waals surface area contributed by atoms with Gasteiger partial charge in [0.1, 0.15) is 0 Å². The van der Waals surface area contributed by atoms with E-state index in [-0.39, 0.29) is 0 Å². The number of aromatic nitrogens is 1. The van der Waals surface area contributed by atoms with Crippen molar-refractivity contribution in [2.45, 2.75) is 6.92 Å². The van der Waals surface area contributed by atoms with E-state index in [1.54, 1.807) is 0 Å². The number of aromatic amines is 1. The Balaban J connectivity index is 2.18. The Morgan fingerprint density at radius 2 is 1.82 bits per heavy atom. The van der Waals surface area contributed by atoms with Crippen LogP contribution in [-0.4, -0.2) is 4.98 Å². The van der Waals surface area contributed by atoms with Gasteiger partial charge in [-0.1, -0.05) is 35.9 Å². The summed E-state index contributed by atoms with van der Waals surface area (Å²) in [6, 6.07) is 14.4. The maximum Gasteiger partial charge on any atom is 0.0462 e. The van der Waals surface area contributed by atoms with Crippen LogP contribution in [0.2, 0.25) is 5.02 Å². The van der Waals surface area contributed by atoms with E-state index in [4.69, 9.17) is 11.6 Å². The summed E-state index contributed by atoms with van der Waals surface area (Å²) < 4.78 is 0. The molecule has 1 nitrogen and oxygen atoms in total. The van der Waals surface area contributed by atoms with Gasteiger partial charge in [0.25, 0.3) is 0 Å². The number of hydrogen-bond acceptors (Lipinski definition) is 0. The molecule has 3 aromatic rings. The molecule has 0 fully saturated rings. The molecule has 0 bridgehead atoms. The SMILES string of the molecule is Cc1c[nH]c2cc(-c3cccc(Cl)c3)ccc12. The van der Waals surface area contributed by atoms with Gasteiger partial charge in [0.2, 0.25) is 0 Å². The maximum atomic E-state index is 6.01. The molecule has 3 rings (SSSR count). The summed E-state index contributed by atoms with van der Waals surface area (Å²) in [4.78, 5) is 3.28. The third-order valence-electron chi connectivity index (χ3n) is 3.05. The molecule has 2 aromatic carbocycles. The number of nitrogens with one attached hydrogen (secondary N) is 1. The number of H-pyrrole nitrogens is 1. The van der Waals surface area contributed by atoms with Crippen molar-refractivity contribution in [3.05, 3.63) is 59.2 Å². The molecule has 1 aromatic heterocycles. The Morgan fingerprint density at radius 1 is 1.00 bits per heavy atom. The molecule has 0 unspecified atom stereocenters. The molecule has 1 N–H and O–H groups in total. The van der Waals surface area contributed by atoms with E-state index >= 15 is 0 Å². The van der Waals surface area contributed by atoms with Crippen LogP contribution in [-0.2, 0) is 0 Å². The van der Waals surface area contributed by atoms with Gasteiger partial charge in [0.05, 0.1) is 0 Å². The highest BCUT2D eigenvalue weighted by atomic mass is 35.5. The van der Waals surface area contributed by atoms with Gasteiger partial charge in [-0.25, -0.2) is 0 Å². The predicted molar refractivity (Wildman–Crippen MR) is 73.5 cm³/mol. The third kappa shape index (κ3) is 1.83. The maximum absolute atomic E-state index is 6.01. The first-order valence-corrected chi connectivity index (χ1v) is 5.95. The zero-order valence-electron chi connectivity index (χ0n) is 9.50. The molecule has 0 aliphatic carbocycles. The van der Waals surface area contributed by atoms with Gasteiger partial charge in [0, 0.05) is 22.1 Å². The van der Waals surface area contributed by atoms with Crippen LogP contribution in [0.5, 0.6) is 0 Å². The molecule has 0 aliphatic heterocycles. The molecule has 0 saturated heterocycles. The Hall–Kier alpha value is -1.73. The minimum atomic E-state index is 0.769. The minimum absolute atomic E-state index is 0.769. The van der Waals surface area contributed by atoms with Gasteiger partial charge >= 0.3 is 0 Å². The summed E-state index contributed by atoms with van der Waals surface area (Å²) in [5, 5.41) is 2.04. The number of hydrogen-bond donors (Lipinski definition) is 1. The second-order valence-corrected chi connectivity index (χ2v) is 4.68. The number of aryl methyl sites for hydroxylation is 1. The number of fused-ring (bicyclic) bond motifs is 1. The van der Waals surface area contributed by atoms with Crippen LogP contribution in [0.25, 0.3) is 22.0 Å². The van der Waals surface area contributed by atoms with Crippen molar-refractivity contribution < 1.29 is 0 Å². The largest absolute Gasteiger partial charge is 0.361 e. The number of benzene rings is 2. The van der Waals surface area contributed by atoms with Gasteiger partial charge in [-0.15, -0.1) is 0 Å². The normalized spacial score (nSPS) is 10.9. The van der Waals surface area contributed by atoms with Crippen LogP contribution in [0.3, 0.4) is 0 Å². The van der Waals surface area contributed by atoms with Gasteiger partial charge in [0.15, 0.2) is 0 Å². The van der Waals surface area contributed by atoms with Crippen LogP contribution in [0.1, 0.15) is 5.56 Å². The molecule has 0 atom stereocenters. The zero-order chi connectivity index (χ0) is 11.8. The molecular formula is C15H12ClN. The fraction of sp³-hybridized carbons (Fsp3) is 0.0667. The van der Waals surface area contributed by atoms with E-state index in [1.165, 1.54) is 22.0 Å². The van der Waals surface area contributed by atoms with E-state index in [0.29, 0.717) is 0 Å². The van der Waals surface area contributed by atoms with E-state index in [0.717, 1.165) is 10.6 Å². The average molecular weight is 242 g/mol. The standard InChI is InChI=1S/C15H12ClN/c1-10-9-17-15-8-12(5-6-14(10)15)11-3-2-4-13(16)7-11/h2-9,17H,1H3. The fourth-order valence-corrected chi connectivity index (χ4v) is 2.31. The molecule has 1 heterocycles. The van der Waals surface area contributed by atoms with Crippen LogP contribution < -0.4 is 0 Å². The lowest BCUT2D eigenvalue weighted by atomic mass is 10.0. The summed E-state index contributed by atoms with van der Waals surface area (Å²) >= 11 is 6.01. The number of rotatable bonds is 1. The molecule has 0 aliphatic rings. The molecule has 0 radical (unpaired) electrons. The quantitative estimate of drug-likeness (QED) is 0.630. The van der Waals surface area contributed by atoms with Crippen LogP contribution in [0, 0.1) is 6.92 Å². The Bertz CT molecular complexity index is 682. The van der Waals surface area contributed by atoms with Crippen molar-refractivity contribution in [2.24, 2.45) is 0 Å². The second kappa shape index (κ2) is 3.94. The van der Waals surface area contributed by atoms with Crippen molar-refractivity contribution in [3.63, 3.8) is 0 Å². The van der Waals surface area contributed by atoms with E-state index in [1.807, 2.05) is 24.4 Å². The lowest BCUT2D eigenvalue weighted by Crippen LogP contribution is -1.78. The predicted octanol–water partition coefficient (Wildman–Crippen LogP) is 4.80. The van der Waals surface area contributed by atoms with E-state index < -0.39 is 0 Å². The highest BCUT2D eigenvalue weighted by Gasteiger charge is 2.03. The summed E-state index contributed by atoms with van der Waals surface area (Å²) in [6.07, 6.45) is 2.03. The van der Waals surface area contributed by atoms with Gasteiger partial charge in [-0.05, 0) is 41.8 Å². The lowest BCUT2D eigenvalue weighted by Gasteiger charge is -2.02. The summed E-state index contributed by atoms with van der Waals surface area (Å²) in [5.74, 6) is 0. The molecular weight excluding hydrogens is 230 g/mol. The van der Waals surface area contributed by atoms with Crippen LogP contribution >= 0.6 is 11.6 Å². The summed E-state index contributed by atoms with van der Waals surface area (Å²) in [6.45, 7) is 2.11. The first-order chi connectivity index (χ1) is 8.24. The lowest BCUT2D eigenvalue weighted by molar-refractivity contribution is 1.43. The smallest absolute Gasteiger partial charge is 0.0462 e. The average Bonchev–Trinajstić information content (AvgIpc) is 2.71. The van der Waals surface area contributed by atoms with Crippen molar-refractivity contribution >= 4 is 22.5 Å². The molecule has 84 valence electrons. The number of halogens is 1. The summed E-state index contributed by atoms with van der Waals surface area (Å²) in [7, 11) is 0. The first kappa shape index (κ1) is 10.4. The van der Waals surface area contributed by atoms with Crippen molar-refractivity contribution in [3.8, 4) is 11.1 Å². The first-order valence-electron chi connectivity index (χ1n) is 5.58.